The van der Waals surface area contributed by atoms with E-state index in [1.807, 2.05) is 18.2 Å². The van der Waals surface area contributed by atoms with Gasteiger partial charge in [0, 0.05) is 28.1 Å². The van der Waals surface area contributed by atoms with Crippen molar-refractivity contribution in [2.24, 2.45) is 0 Å². The van der Waals surface area contributed by atoms with Crippen molar-refractivity contribution in [1.29, 1.82) is 0 Å². The summed E-state index contributed by atoms with van der Waals surface area (Å²) in [6, 6.07) is 8.96. The topological polar surface area (TPSA) is 68.7 Å². The van der Waals surface area contributed by atoms with Gasteiger partial charge in [-0.1, -0.05) is 24.3 Å². The molecule has 0 amide bonds. The first-order valence-electron chi connectivity index (χ1n) is 7.08. The van der Waals surface area contributed by atoms with E-state index in [1.54, 1.807) is 12.1 Å². The smallest absolute Gasteiger partial charge is 0.212 e. The molecule has 0 radical (unpaired) electrons. The molecule has 1 heterocycles. The number of ketones is 1. The van der Waals surface area contributed by atoms with E-state index in [0.717, 1.165) is 11.1 Å². The normalized spacial score (nSPS) is 12.2. The van der Waals surface area contributed by atoms with Gasteiger partial charge in [0.15, 0.2) is 11.5 Å². The zero-order valence-electron chi connectivity index (χ0n) is 12.6. The van der Waals surface area contributed by atoms with Crippen molar-refractivity contribution < 1.29 is 19.4 Å². The second kappa shape index (κ2) is 4.71. The molecule has 0 fully saturated rings. The molecule has 1 N–H and O–H groups in total. The Balaban J connectivity index is 2.32. The zero-order chi connectivity index (χ0) is 16.1. The maximum absolute atomic E-state index is 12.7. The van der Waals surface area contributed by atoms with Gasteiger partial charge in [0.2, 0.25) is 11.5 Å². The first-order chi connectivity index (χ1) is 11.2. The van der Waals surface area contributed by atoms with E-state index < -0.39 is 0 Å². The fourth-order valence-electron chi connectivity index (χ4n) is 3.21. The lowest BCUT2D eigenvalue weighted by molar-refractivity contribution is 0.103. The van der Waals surface area contributed by atoms with Crippen LogP contribution >= 0.6 is 0 Å². The highest BCUT2D eigenvalue weighted by molar-refractivity contribution is 6.26. The van der Waals surface area contributed by atoms with E-state index in [-0.39, 0.29) is 17.3 Å². The lowest BCUT2D eigenvalue weighted by Crippen LogP contribution is -2.13. The first-order valence-corrected chi connectivity index (χ1v) is 7.08. The number of aromatic nitrogens is 1. The number of benzene rings is 2. The van der Waals surface area contributed by atoms with Crippen molar-refractivity contribution in [3.63, 3.8) is 0 Å². The average molecular weight is 307 g/mol. The molecule has 1 aromatic heterocycles. The Morgan fingerprint density at radius 3 is 2.39 bits per heavy atom. The predicted octanol–water partition coefficient (Wildman–Crippen LogP) is 3.17. The molecule has 0 bridgehead atoms. The Morgan fingerprint density at radius 1 is 1.00 bits per heavy atom. The van der Waals surface area contributed by atoms with Crippen molar-refractivity contribution in [1.82, 2.24) is 4.98 Å². The predicted molar refractivity (Wildman–Crippen MR) is 85.4 cm³/mol. The number of aromatic hydroxyl groups is 1. The van der Waals surface area contributed by atoms with Gasteiger partial charge in [-0.05, 0) is 11.6 Å². The Kier molecular flexibility index (Phi) is 2.78. The number of phenolic OH excluding ortho intramolecular Hbond substituents is 1. The van der Waals surface area contributed by atoms with Gasteiger partial charge < -0.3 is 14.6 Å². The van der Waals surface area contributed by atoms with Gasteiger partial charge in [0.05, 0.1) is 14.2 Å². The van der Waals surface area contributed by atoms with E-state index in [0.29, 0.717) is 27.8 Å². The molecule has 5 nitrogen and oxygen atoms in total. The van der Waals surface area contributed by atoms with Crippen molar-refractivity contribution in [2.45, 2.75) is 0 Å². The van der Waals surface area contributed by atoms with Crippen LogP contribution in [0.25, 0.3) is 21.9 Å². The van der Waals surface area contributed by atoms with Crippen LogP contribution in [-0.2, 0) is 0 Å². The summed E-state index contributed by atoms with van der Waals surface area (Å²) < 4.78 is 10.8. The van der Waals surface area contributed by atoms with Gasteiger partial charge in [-0.3, -0.25) is 9.78 Å². The number of fused-ring (bicyclic) bond motifs is 2. The molecule has 23 heavy (non-hydrogen) atoms. The van der Waals surface area contributed by atoms with Crippen LogP contribution in [0.2, 0.25) is 0 Å². The quantitative estimate of drug-likeness (QED) is 0.616. The standard InChI is InChI=1S/C18H13NO4/c1-22-17-13-9-5-3-4-6-10(9)15(20)14-12(13)11(7-8-19-14)16(21)18(17)23-2/h3-8,21H,1-2H3. The Bertz CT molecular complexity index is 978. The Labute approximate surface area is 132 Å². The summed E-state index contributed by atoms with van der Waals surface area (Å²) in [5.74, 6) is 0.423. The van der Waals surface area contributed by atoms with Crippen LogP contribution in [0, 0.1) is 0 Å². The van der Waals surface area contributed by atoms with Crippen LogP contribution in [-0.4, -0.2) is 30.1 Å². The Morgan fingerprint density at radius 2 is 1.70 bits per heavy atom. The van der Waals surface area contributed by atoms with Crippen LogP contribution < -0.4 is 9.47 Å². The minimum absolute atomic E-state index is 0.0565. The summed E-state index contributed by atoms with van der Waals surface area (Å²) >= 11 is 0. The van der Waals surface area contributed by atoms with Crippen LogP contribution in [0.5, 0.6) is 17.2 Å². The minimum atomic E-state index is -0.162. The number of methoxy groups -OCH3 is 2. The zero-order valence-corrected chi connectivity index (χ0v) is 12.6. The third kappa shape index (κ3) is 1.61. The largest absolute Gasteiger partial charge is 0.504 e. The van der Waals surface area contributed by atoms with Gasteiger partial charge in [-0.15, -0.1) is 0 Å². The van der Waals surface area contributed by atoms with Crippen molar-refractivity contribution in [3.05, 3.63) is 47.8 Å². The highest BCUT2D eigenvalue weighted by Crippen LogP contribution is 2.53. The van der Waals surface area contributed by atoms with Gasteiger partial charge in [-0.2, -0.15) is 0 Å². The Hall–Kier alpha value is -3.08. The number of ether oxygens (including phenoxy) is 2. The molecule has 1 aliphatic carbocycles. The van der Waals surface area contributed by atoms with Crippen LogP contribution in [0.1, 0.15) is 16.1 Å². The SMILES string of the molecule is COc1c(OC)c2c3c(nccc3c1O)C(=O)c1ccccc1-2. The van der Waals surface area contributed by atoms with Crippen molar-refractivity contribution >= 4 is 16.6 Å². The summed E-state index contributed by atoms with van der Waals surface area (Å²) in [5.41, 5.74) is 2.34. The number of phenols is 1. The molecular formula is C18H13NO4. The highest BCUT2D eigenvalue weighted by Gasteiger charge is 2.32. The van der Waals surface area contributed by atoms with E-state index in [1.165, 1.54) is 20.4 Å². The van der Waals surface area contributed by atoms with Crippen LogP contribution in [0.4, 0.5) is 0 Å². The summed E-state index contributed by atoms with van der Waals surface area (Å²) in [7, 11) is 2.98. The lowest BCUT2D eigenvalue weighted by atomic mass is 9.84. The number of pyridine rings is 1. The van der Waals surface area contributed by atoms with E-state index in [2.05, 4.69) is 4.98 Å². The molecule has 3 aromatic rings. The second-order valence-electron chi connectivity index (χ2n) is 5.25. The number of hydrogen-bond acceptors (Lipinski definition) is 5. The monoisotopic (exact) mass is 307 g/mol. The fourth-order valence-corrected chi connectivity index (χ4v) is 3.21. The van der Waals surface area contributed by atoms with E-state index in [4.69, 9.17) is 9.47 Å². The third-order valence-corrected chi connectivity index (χ3v) is 4.17. The fraction of sp³-hybridized carbons (Fsp3) is 0.111. The number of nitrogens with zero attached hydrogens (tertiary/aromatic N) is 1. The van der Waals surface area contributed by atoms with Crippen LogP contribution in [0.3, 0.4) is 0 Å². The molecule has 0 spiro atoms. The third-order valence-electron chi connectivity index (χ3n) is 4.17. The summed E-state index contributed by atoms with van der Waals surface area (Å²) in [6.45, 7) is 0. The average Bonchev–Trinajstić information content (AvgIpc) is 2.60. The summed E-state index contributed by atoms with van der Waals surface area (Å²) in [4.78, 5) is 17.0. The molecular weight excluding hydrogens is 294 g/mol. The van der Waals surface area contributed by atoms with E-state index >= 15 is 0 Å². The van der Waals surface area contributed by atoms with Crippen molar-refractivity contribution in [2.75, 3.05) is 14.2 Å². The highest BCUT2D eigenvalue weighted by atomic mass is 16.5. The molecule has 114 valence electrons. The van der Waals surface area contributed by atoms with Crippen molar-refractivity contribution in [3.8, 4) is 28.4 Å². The maximum atomic E-state index is 12.7. The molecule has 2 aromatic carbocycles. The summed E-state index contributed by atoms with van der Waals surface area (Å²) in [6.07, 6.45) is 1.51. The molecule has 0 saturated heterocycles. The lowest BCUT2D eigenvalue weighted by Gasteiger charge is -2.23. The molecule has 0 aliphatic heterocycles. The molecule has 4 rings (SSSR count). The van der Waals surface area contributed by atoms with Gasteiger partial charge in [-0.25, -0.2) is 0 Å². The van der Waals surface area contributed by atoms with Crippen LogP contribution in [0.15, 0.2) is 36.5 Å². The minimum Gasteiger partial charge on any atom is -0.504 e. The number of hydrogen-bond donors (Lipinski definition) is 1. The molecule has 0 atom stereocenters. The van der Waals surface area contributed by atoms with Gasteiger partial charge >= 0.3 is 0 Å². The number of carbonyl (C=O) groups is 1. The first kappa shape index (κ1) is 13.6. The molecule has 0 saturated carbocycles. The van der Waals surface area contributed by atoms with E-state index in [9.17, 15) is 9.90 Å². The molecule has 5 heteroatoms. The maximum Gasteiger partial charge on any atom is 0.212 e. The van der Waals surface area contributed by atoms with Gasteiger partial charge in [0.25, 0.3) is 0 Å². The number of carbonyl (C=O) groups excluding carboxylic acids is 1. The molecule has 1 aliphatic rings. The van der Waals surface area contributed by atoms with Gasteiger partial charge in [0.1, 0.15) is 5.69 Å². The summed E-state index contributed by atoms with van der Waals surface area (Å²) in [5, 5.41) is 11.6. The number of rotatable bonds is 2. The molecule has 0 unspecified atom stereocenters. The second-order valence-corrected chi connectivity index (χ2v) is 5.25.